The zero-order chi connectivity index (χ0) is 17.0. The molecule has 0 aliphatic rings. The van der Waals surface area contributed by atoms with Crippen LogP contribution in [-0.2, 0) is 26.9 Å². The van der Waals surface area contributed by atoms with Crippen molar-refractivity contribution in [2.24, 2.45) is 0 Å². The molecule has 0 saturated heterocycles. The number of hydrogen-bond acceptors (Lipinski definition) is 5. The van der Waals surface area contributed by atoms with Gasteiger partial charge in [-0.1, -0.05) is 17.3 Å². The van der Waals surface area contributed by atoms with Crippen molar-refractivity contribution in [2.75, 3.05) is 0 Å². The van der Waals surface area contributed by atoms with Gasteiger partial charge in [-0.25, -0.2) is 12.8 Å². The number of rotatable bonds is 6. The summed E-state index contributed by atoms with van der Waals surface area (Å²) in [5.41, 5.74) is 1.25. The second-order valence-electron chi connectivity index (χ2n) is 5.23. The Kier molecular flexibility index (Phi) is 5.15. The Morgan fingerprint density at radius 2 is 2.00 bits per heavy atom. The Morgan fingerprint density at radius 3 is 2.57 bits per heavy atom. The first kappa shape index (κ1) is 17.1. The van der Waals surface area contributed by atoms with Gasteiger partial charge in [-0.2, -0.15) is 0 Å². The van der Waals surface area contributed by atoms with Crippen LogP contribution in [0.5, 0.6) is 0 Å². The van der Waals surface area contributed by atoms with Crippen LogP contribution < -0.4 is 5.32 Å². The third-order valence-electron chi connectivity index (χ3n) is 3.31. The fourth-order valence-corrected chi connectivity index (χ4v) is 3.10. The molecule has 1 amide bonds. The van der Waals surface area contributed by atoms with Crippen molar-refractivity contribution in [3.63, 3.8) is 0 Å². The predicted octanol–water partition coefficient (Wildman–Crippen LogP) is 1.74. The van der Waals surface area contributed by atoms with Crippen LogP contribution in [0.3, 0.4) is 0 Å². The molecule has 0 aliphatic carbocycles. The molecule has 0 saturated carbocycles. The van der Waals surface area contributed by atoms with E-state index in [2.05, 4.69) is 10.5 Å². The second-order valence-corrected chi connectivity index (χ2v) is 7.55. The van der Waals surface area contributed by atoms with Gasteiger partial charge in [-0.05, 0) is 31.5 Å². The molecule has 0 spiro atoms. The van der Waals surface area contributed by atoms with Crippen LogP contribution in [0.1, 0.15) is 23.9 Å². The van der Waals surface area contributed by atoms with Crippen LogP contribution in [0.15, 0.2) is 34.9 Å². The SMILES string of the molecule is Cc1cc(CS(=O)(=O)[C@@H](C)C(=O)NCc2ccc(F)cc2)on1. The standard InChI is InChI=1S/C15H17FN2O4S/c1-10-7-14(22-18-10)9-23(20,21)11(2)15(19)17-8-12-3-5-13(16)6-4-12/h3-7,11H,8-9H2,1-2H3,(H,17,19)/t11-/m0/s1. The van der Waals surface area contributed by atoms with E-state index in [-0.39, 0.29) is 23.9 Å². The minimum absolute atomic E-state index is 0.125. The fourth-order valence-electron chi connectivity index (χ4n) is 1.91. The van der Waals surface area contributed by atoms with E-state index in [9.17, 15) is 17.6 Å². The highest BCUT2D eigenvalue weighted by Gasteiger charge is 2.29. The van der Waals surface area contributed by atoms with Crippen molar-refractivity contribution in [3.05, 3.63) is 53.2 Å². The van der Waals surface area contributed by atoms with Gasteiger partial charge in [0.15, 0.2) is 15.6 Å². The number of aryl methyl sites for hydroxylation is 1. The minimum Gasteiger partial charge on any atom is -0.360 e. The summed E-state index contributed by atoms with van der Waals surface area (Å²) < 4.78 is 42.1. The van der Waals surface area contributed by atoms with Crippen LogP contribution in [0, 0.1) is 12.7 Å². The van der Waals surface area contributed by atoms with Gasteiger partial charge in [0.25, 0.3) is 0 Å². The van der Waals surface area contributed by atoms with Gasteiger partial charge in [-0.15, -0.1) is 0 Å². The molecular formula is C15H17FN2O4S. The van der Waals surface area contributed by atoms with E-state index in [0.717, 1.165) is 0 Å². The Balaban J connectivity index is 1.96. The summed E-state index contributed by atoms with van der Waals surface area (Å²) >= 11 is 0. The van der Waals surface area contributed by atoms with Crippen molar-refractivity contribution >= 4 is 15.7 Å². The molecule has 8 heteroatoms. The molecule has 1 atom stereocenters. The van der Waals surface area contributed by atoms with Crippen molar-refractivity contribution in [1.29, 1.82) is 0 Å². The quantitative estimate of drug-likeness (QED) is 0.865. The van der Waals surface area contributed by atoms with E-state index in [1.54, 1.807) is 6.92 Å². The lowest BCUT2D eigenvalue weighted by molar-refractivity contribution is -0.120. The molecule has 1 heterocycles. The van der Waals surface area contributed by atoms with Gasteiger partial charge in [0, 0.05) is 12.6 Å². The molecule has 2 rings (SSSR count). The maximum Gasteiger partial charge on any atom is 0.238 e. The summed E-state index contributed by atoms with van der Waals surface area (Å²) in [5.74, 6) is -1.19. The van der Waals surface area contributed by atoms with Crippen LogP contribution in [0.2, 0.25) is 0 Å². The van der Waals surface area contributed by atoms with Crippen LogP contribution in [0.4, 0.5) is 4.39 Å². The Morgan fingerprint density at radius 1 is 1.35 bits per heavy atom. The fraction of sp³-hybridized carbons (Fsp3) is 0.333. The van der Waals surface area contributed by atoms with Crippen LogP contribution in [-0.4, -0.2) is 24.7 Å². The third kappa shape index (κ3) is 4.62. The van der Waals surface area contributed by atoms with Gasteiger partial charge in [-0.3, -0.25) is 4.79 Å². The number of halogens is 1. The Labute approximate surface area is 133 Å². The first-order chi connectivity index (χ1) is 10.8. The molecule has 0 radical (unpaired) electrons. The van der Waals surface area contributed by atoms with Gasteiger partial charge in [0.1, 0.15) is 16.8 Å². The number of benzene rings is 1. The van der Waals surface area contributed by atoms with Gasteiger partial charge in [0.2, 0.25) is 5.91 Å². The van der Waals surface area contributed by atoms with Crippen molar-refractivity contribution in [3.8, 4) is 0 Å². The lowest BCUT2D eigenvalue weighted by Gasteiger charge is -2.12. The van der Waals surface area contributed by atoms with Crippen LogP contribution in [0.25, 0.3) is 0 Å². The van der Waals surface area contributed by atoms with E-state index >= 15 is 0 Å². The lowest BCUT2D eigenvalue weighted by atomic mass is 10.2. The number of amides is 1. The molecular weight excluding hydrogens is 323 g/mol. The average molecular weight is 340 g/mol. The molecule has 1 aromatic heterocycles. The smallest absolute Gasteiger partial charge is 0.238 e. The van der Waals surface area contributed by atoms with E-state index in [1.807, 2.05) is 0 Å². The number of carbonyl (C=O) groups excluding carboxylic acids is 1. The van der Waals surface area contributed by atoms with Crippen molar-refractivity contribution in [2.45, 2.75) is 31.4 Å². The highest BCUT2D eigenvalue weighted by Crippen LogP contribution is 2.13. The highest BCUT2D eigenvalue weighted by atomic mass is 32.2. The maximum absolute atomic E-state index is 12.8. The summed E-state index contributed by atoms with van der Waals surface area (Å²) in [5, 5.41) is 4.92. The average Bonchev–Trinajstić information content (AvgIpc) is 2.90. The molecule has 23 heavy (non-hydrogen) atoms. The second kappa shape index (κ2) is 6.91. The molecule has 0 fully saturated rings. The van der Waals surface area contributed by atoms with E-state index in [4.69, 9.17) is 4.52 Å². The lowest BCUT2D eigenvalue weighted by Crippen LogP contribution is -2.38. The minimum atomic E-state index is -3.72. The number of hydrogen-bond donors (Lipinski definition) is 1. The van der Waals surface area contributed by atoms with Crippen molar-refractivity contribution in [1.82, 2.24) is 10.5 Å². The van der Waals surface area contributed by atoms with Crippen molar-refractivity contribution < 1.29 is 22.1 Å². The summed E-state index contributed by atoms with van der Waals surface area (Å²) in [4.78, 5) is 12.0. The highest BCUT2D eigenvalue weighted by molar-refractivity contribution is 7.92. The molecule has 124 valence electrons. The van der Waals surface area contributed by atoms with Crippen LogP contribution >= 0.6 is 0 Å². The van der Waals surface area contributed by atoms with E-state index < -0.39 is 21.0 Å². The maximum atomic E-state index is 12.8. The topological polar surface area (TPSA) is 89.3 Å². The summed E-state index contributed by atoms with van der Waals surface area (Å²) in [6, 6.07) is 7.10. The van der Waals surface area contributed by atoms with E-state index in [1.165, 1.54) is 37.3 Å². The zero-order valence-electron chi connectivity index (χ0n) is 12.7. The molecule has 6 nitrogen and oxygen atoms in total. The molecule has 0 aliphatic heterocycles. The summed E-state index contributed by atoms with van der Waals surface area (Å²) in [6.45, 7) is 3.12. The Hall–Kier alpha value is -2.22. The number of sulfone groups is 1. The molecule has 0 bridgehead atoms. The van der Waals surface area contributed by atoms with Gasteiger partial charge >= 0.3 is 0 Å². The largest absolute Gasteiger partial charge is 0.360 e. The summed E-state index contributed by atoms with van der Waals surface area (Å²) in [7, 11) is -3.72. The molecule has 0 unspecified atom stereocenters. The first-order valence-electron chi connectivity index (χ1n) is 6.94. The third-order valence-corrected chi connectivity index (χ3v) is 5.29. The number of nitrogens with one attached hydrogen (secondary N) is 1. The number of carbonyl (C=O) groups is 1. The number of nitrogens with zero attached hydrogens (tertiary/aromatic N) is 1. The first-order valence-corrected chi connectivity index (χ1v) is 8.65. The molecule has 1 N–H and O–H groups in total. The summed E-state index contributed by atoms with van der Waals surface area (Å²) in [6.07, 6.45) is 0. The number of aromatic nitrogens is 1. The monoisotopic (exact) mass is 340 g/mol. The Bertz CT molecular complexity index is 784. The van der Waals surface area contributed by atoms with E-state index in [0.29, 0.717) is 11.3 Å². The van der Waals surface area contributed by atoms with Gasteiger partial charge in [0.05, 0.1) is 5.69 Å². The zero-order valence-corrected chi connectivity index (χ0v) is 13.6. The van der Waals surface area contributed by atoms with Gasteiger partial charge < -0.3 is 9.84 Å². The molecule has 2 aromatic rings. The normalized spacial score (nSPS) is 12.8. The molecule has 1 aromatic carbocycles. The predicted molar refractivity (Wildman–Crippen MR) is 81.6 cm³/mol.